The van der Waals surface area contributed by atoms with Crippen molar-refractivity contribution >= 4 is 16.8 Å². The fourth-order valence-corrected chi connectivity index (χ4v) is 2.88. The van der Waals surface area contributed by atoms with Crippen LogP contribution in [0.2, 0.25) is 0 Å². The minimum absolute atomic E-state index is 0.248. The Kier molecular flexibility index (Phi) is 4.89. The Morgan fingerprint density at radius 3 is 2.58 bits per heavy atom. The summed E-state index contributed by atoms with van der Waals surface area (Å²) >= 11 is 0. The Labute approximate surface area is 151 Å². The molecule has 0 bridgehead atoms. The highest BCUT2D eigenvalue weighted by atomic mass is 16.3. The van der Waals surface area contributed by atoms with Gasteiger partial charge >= 0.3 is 0 Å². The molecule has 2 aromatic carbocycles. The van der Waals surface area contributed by atoms with Crippen molar-refractivity contribution in [3.05, 3.63) is 88.2 Å². The van der Waals surface area contributed by atoms with Crippen LogP contribution in [0.1, 0.15) is 21.5 Å². The van der Waals surface area contributed by atoms with Crippen molar-refractivity contribution in [3.8, 4) is 5.75 Å². The maximum Gasteiger partial charge on any atom is 0.268 e. The van der Waals surface area contributed by atoms with Crippen molar-refractivity contribution in [2.75, 3.05) is 0 Å². The second-order valence-electron chi connectivity index (χ2n) is 6.11. The Morgan fingerprint density at radius 1 is 1.19 bits per heavy atom. The molecule has 0 aliphatic heterocycles. The number of aryl methyl sites for hydroxylation is 1. The molecule has 0 unspecified atom stereocenters. The number of carbonyl (C=O) groups is 1. The molecule has 0 aliphatic carbocycles. The van der Waals surface area contributed by atoms with Crippen LogP contribution in [-0.4, -0.2) is 15.6 Å². The van der Waals surface area contributed by atoms with Crippen molar-refractivity contribution in [2.45, 2.75) is 20.0 Å². The maximum atomic E-state index is 12.8. The standard InChI is InChI=1S/C21H20N2O3/c1-3-12-23-17-7-5-4-6-16(17)19(24)18(21(23)26)20(25)22-13-15-10-8-14(2)9-11-15/h3-11,24H,1,12-13H2,2H3,(H,22,25). The number of hydrogen-bond acceptors (Lipinski definition) is 3. The second kappa shape index (κ2) is 7.27. The lowest BCUT2D eigenvalue weighted by molar-refractivity contribution is 0.0946. The number of rotatable bonds is 5. The first kappa shape index (κ1) is 17.5. The molecule has 0 saturated heterocycles. The van der Waals surface area contributed by atoms with Crippen LogP contribution in [-0.2, 0) is 13.1 Å². The Balaban J connectivity index is 2.00. The molecule has 1 heterocycles. The third-order valence-electron chi connectivity index (χ3n) is 4.26. The van der Waals surface area contributed by atoms with Crippen molar-refractivity contribution in [1.82, 2.24) is 9.88 Å². The number of benzene rings is 2. The lowest BCUT2D eigenvalue weighted by atomic mass is 10.1. The quantitative estimate of drug-likeness (QED) is 0.696. The van der Waals surface area contributed by atoms with E-state index in [1.165, 1.54) is 4.57 Å². The van der Waals surface area contributed by atoms with Crippen molar-refractivity contribution in [1.29, 1.82) is 0 Å². The molecule has 0 spiro atoms. The summed E-state index contributed by atoms with van der Waals surface area (Å²) in [6.07, 6.45) is 1.58. The topological polar surface area (TPSA) is 71.3 Å². The summed E-state index contributed by atoms with van der Waals surface area (Å²) in [6.45, 7) is 6.16. The van der Waals surface area contributed by atoms with E-state index in [-0.39, 0.29) is 24.4 Å². The van der Waals surface area contributed by atoms with Gasteiger partial charge in [-0.1, -0.05) is 48.0 Å². The van der Waals surface area contributed by atoms with Crippen molar-refractivity contribution < 1.29 is 9.90 Å². The first-order valence-electron chi connectivity index (χ1n) is 8.32. The van der Waals surface area contributed by atoms with Crippen molar-refractivity contribution in [2.24, 2.45) is 0 Å². The van der Waals surface area contributed by atoms with Crippen LogP contribution in [0.4, 0.5) is 0 Å². The fraction of sp³-hybridized carbons (Fsp3) is 0.143. The van der Waals surface area contributed by atoms with E-state index in [0.717, 1.165) is 11.1 Å². The highest BCUT2D eigenvalue weighted by Gasteiger charge is 2.21. The van der Waals surface area contributed by atoms with Gasteiger partial charge in [-0.2, -0.15) is 0 Å². The zero-order valence-electron chi connectivity index (χ0n) is 14.5. The molecule has 3 rings (SSSR count). The van der Waals surface area contributed by atoms with E-state index in [0.29, 0.717) is 10.9 Å². The van der Waals surface area contributed by atoms with Gasteiger partial charge in [-0.3, -0.25) is 9.59 Å². The minimum atomic E-state index is -0.600. The SMILES string of the molecule is C=CCn1c(=O)c(C(=O)NCc2ccc(C)cc2)c(O)c2ccccc21. The summed E-state index contributed by atoms with van der Waals surface area (Å²) in [7, 11) is 0. The van der Waals surface area contributed by atoms with E-state index >= 15 is 0 Å². The van der Waals surface area contributed by atoms with Crippen molar-refractivity contribution in [3.63, 3.8) is 0 Å². The van der Waals surface area contributed by atoms with Gasteiger partial charge < -0.3 is 15.0 Å². The van der Waals surface area contributed by atoms with Gasteiger partial charge in [-0.25, -0.2) is 0 Å². The molecule has 2 N–H and O–H groups in total. The first-order valence-corrected chi connectivity index (χ1v) is 8.32. The number of fused-ring (bicyclic) bond motifs is 1. The molecule has 5 nitrogen and oxygen atoms in total. The number of amides is 1. The Morgan fingerprint density at radius 2 is 1.88 bits per heavy atom. The number of aromatic nitrogens is 1. The zero-order chi connectivity index (χ0) is 18.7. The van der Waals surface area contributed by atoms with E-state index < -0.39 is 11.5 Å². The van der Waals surface area contributed by atoms with E-state index in [1.54, 1.807) is 30.3 Å². The van der Waals surface area contributed by atoms with E-state index in [1.807, 2.05) is 31.2 Å². The zero-order valence-corrected chi connectivity index (χ0v) is 14.5. The average Bonchev–Trinajstić information content (AvgIpc) is 2.65. The first-order chi connectivity index (χ1) is 12.5. The van der Waals surface area contributed by atoms with Gasteiger partial charge in [0.2, 0.25) is 0 Å². The third kappa shape index (κ3) is 3.24. The lowest BCUT2D eigenvalue weighted by Gasteiger charge is -2.14. The highest BCUT2D eigenvalue weighted by molar-refractivity contribution is 6.02. The summed E-state index contributed by atoms with van der Waals surface area (Å²) in [5, 5.41) is 13.7. The molecular weight excluding hydrogens is 328 g/mol. The number of carbonyl (C=O) groups excluding carboxylic acids is 1. The molecule has 26 heavy (non-hydrogen) atoms. The van der Waals surface area contributed by atoms with Crippen LogP contribution in [0, 0.1) is 6.92 Å². The van der Waals surface area contributed by atoms with Gasteiger partial charge in [0, 0.05) is 18.5 Å². The van der Waals surface area contributed by atoms with Gasteiger partial charge in [0.25, 0.3) is 11.5 Å². The molecule has 3 aromatic rings. The van der Waals surface area contributed by atoms with Gasteiger partial charge in [0.05, 0.1) is 5.52 Å². The average molecular weight is 348 g/mol. The van der Waals surface area contributed by atoms with E-state index in [9.17, 15) is 14.7 Å². The smallest absolute Gasteiger partial charge is 0.268 e. The van der Waals surface area contributed by atoms with Crippen LogP contribution in [0.3, 0.4) is 0 Å². The fourth-order valence-electron chi connectivity index (χ4n) is 2.88. The lowest BCUT2D eigenvalue weighted by Crippen LogP contribution is -2.33. The number of hydrogen-bond donors (Lipinski definition) is 2. The number of aromatic hydroxyl groups is 1. The van der Waals surface area contributed by atoms with Gasteiger partial charge in [-0.15, -0.1) is 6.58 Å². The second-order valence-corrected chi connectivity index (χ2v) is 6.11. The summed E-state index contributed by atoms with van der Waals surface area (Å²) in [6, 6.07) is 14.7. The molecule has 5 heteroatoms. The van der Waals surface area contributed by atoms with Gasteiger partial charge in [-0.05, 0) is 24.6 Å². The molecule has 0 radical (unpaired) electrons. The van der Waals surface area contributed by atoms with Gasteiger partial charge in [0.15, 0.2) is 0 Å². The highest BCUT2D eigenvalue weighted by Crippen LogP contribution is 2.26. The number of para-hydroxylation sites is 1. The van der Waals surface area contributed by atoms with Crippen LogP contribution in [0.25, 0.3) is 10.9 Å². The monoisotopic (exact) mass is 348 g/mol. The third-order valence-corrected chi connectivity index (χ3v) is 4.26. The van der Waals surface area contributed by atoms with Gasteiger partial charge in [0.1, 0.15) is 11.3 Å². The molecule has 0 saturated carbocycles. The van der Waals surface area contributed by atoms with E-state index in [2.05, 4.69) is 11.9 Å². The molecular formula is C21H20N2O3. The maximum absolute atomic E-state index is 12.8. The summed E-state index contributed by atoms with van der Waals surface area (Å²) in [4.78, 5) is 25.4. The molecule has 0 aliphatic rings. The number of pyridine rings is 1. The number of nitrogens with one attached hydrogen (secondary N) is 1. The minimum Gasteiger partial charge on any atom is -0.506 e. The summed E-state index contributed by atoms with van der Waals surface area (Å²) in [5.74, 6) is -0.899. The normalized spacial score (nSPS) is 10.7. The molecule has 1 amide bonds. The summed E-state index contributed by atoms with van der Waals surface area (Å²) in [5.41, 5.74) is 1.81. The van der Waals surface area contributed by atoms with Crippen LogP contribution < -0.4 is 10.9 Å². The predicted molar refractivity (Wildman–Crippen MR) is 102 cm³/mol. The Hall–Kier alpha value is -3.34. The Bertz CT molecular complexity index is 1030. The summed E-state index contributed by atoms with van der Waals surface area (Å²) < 4.78 is 1.43. The number of nitrogens with zero attached hydrogens (tertiary/aromatic N) is 1. The van der Waals surface area contributed by atoms with E-state index in [4.69, 9.17) is 0 Å². The van der Waals surface area contributed by atoms with Crippen LogP contribution in [0.5, 0.6) is 5.75 Å². The molecule has 132 valence electrons. The van der Waals surface area contributed by atoms with Crippen LogP contribution in [0.15, 0.2) is 66.0 Å². The molecule has 0 atom stereocenters. The molecule has 1 aromatic heterocycles. The number of allylic oxidation sites excluding steroid dienone is 1. The largest absolute Gasteiger partial charge is 0.506 e. The van der Waals surface area contributed by atoms with Crippen LogP contribution >= 0.6 is 0 Å². The predicted octanol–water partition coefficient (Wildman–Crippen LogP) is 3.13. The molecule has 0 fully saturated rings.